The topological polar surface area (TPSA) is 112 Å². The SMILES string of the molecule is O=C(OCc1ccccc1)Oc1cncc(C(=O)ON2C(=O)CCC2=O)c1. The first kappa shape index (κ1) is 18.1. The molecule has 1 saturated heterocycles. The normalized spacial score (nSPS) is 13.4. The Balaban J connectivity index is 1.58. The number of imide groups is 1. The Hall–Kier alpha value is -3.75. The van der Waals surface area contributed by atoms with Crippen molar-refractivity contribution in [3.05, 3.63) is 59.9 Å². The van der Waals surface area contributed by atoms with Crippen LogP contribution < -0.4 is 4.74 Å². The molecule has 0 bridgehead atoms. The van der Waals surface area contributed by atoms with E-state index in [4.69, 9.17) is 14.3 Å². The maximum Gasteiger partial charge on any atom is 0.514 e. The van der Waals surface area contributed by atoms with Crippen molar-refractivity contribution in [3.63, 3.8) is 0 Å². The molecule has 27 heavy (non-hydrogen) atoms. The molecule has 0 N–H and O–H groups in total. The van der Waals surface area contributed by atoms with Gasteiger partial charge in [0.2, 0.25) is 0 Å². The second-order valence-corrected chi connectivity index (χ2v) is 5.50. The number of ether oxygens (including phenoxy) is 2. The number of pyridine rings is 1. The highest BCUT2D eigenvalue weighted by molar-refractivity contribution is 6.02. The molecule has 0 saturated carbocycles. The van der Waals surface area contributed by atoms with Crippen LogP contribution in [0.2, 0.25) is 0 Å². The van der Waals surface area contributed by atoms with E-state index >= 15 is 0 Å². The number of benzene rings is 1. The van der Waals surface area contributed by atoms with Crippen LogP contribution in [-0.4, -0.2) is 34.0 Å². The molecule has 0 spiro atoms. The minimum Gasteiger partial charge on any atom is -0.429 e. The van der Waals surface area contributed by atoms with Crippen molar-refractivity contribution in [2.45, 2.75) is 19.4 Å². The largest absolute Gasteiger partial charge is 0.514 e. The van der Waals surface area contributed by atoms with Crippen LogP contribution in [0.15, 0.2) is 48.8 Å². The lowest BCUT2D eigenvalue weighted by molar-refractivity contribution is -0.172. The summed E-state index contributed by atoms with van der Waals surface area (Å²) >= 11 is 0. The molecule has 0 unspecified atom stereocenters. The van der Waals surface area contributed by atoms with Gasteiger partial charge in [-0.2, -0.15) is 0 Å². The third kappa shape index (κ3) is 4.66. The van der Waals surface area contributed by atoms with Gasteiger partial charge in [0, 0.05) is 19.0 Å². The van der Waals surface area contributed by atoms with E-state index in [1.165, 1.54) is 12.3 Å². The fourth-order valence-electron chi connectivity index (χ4n) is 2.22. The summed E-state index contributed by atoms with van der Waals surface area (Å²) in [5.41, 5.74) is 0.681. The third-order valence-corrected chi connectivity index (χ3v) is 3.53. The summed E-state index contributed by atoms with van der Waals surface area (Å²) in [5, 5.41) is 0.421. The van der Waals surface area contributed by atoms with E-state index in [1.807, 2.05) is 6.07 Å². The molecule has 138 valence electrons. The number of aromatic nitrogens is 1. The van der Waals surface area contributed by atoms with Crippen LogP contribution in [0.25, 0.3) is 0 Å². The highest BCUT2D eigenvalue weighted by Gasteiger charge is 2.33. The molecule has 2 aromatic rings. The quantitative estimate of drug-likeness (QED) is 0.580. The molecule has 1 aromatic heterocycles. The molecule has 1 fully saturated rings. The van der Waals surface area contributed by atoms with Crippen molar-refractivity contribution >= 4 is 23.9 Å². The summed E-state index contributed by atoms with van der Waals surface area (Å²) in [6.45, 7) is 0.0218. The fraction of sp³-hybridized carbons (Fsp3) is 0.167. The summed E-state index contributed by atoms with van der Waals surface area (Å²) < 4.78 is 9.93. The minimum atomic E-state index is -0.978. The first-order valence-electron chi connectivity index (χ1n) is 7.94. The van der Waals surface area contributed by atoms with Crippen molar-refractivity contribution in [2.24, 2.45) is 0 Å². The monoisotopic (exact) mass is 370 g/mol. The third-order valence-electron chi connectivity index (χ3n) is 3.53. The van der Waals surface area contributed by atoms with E-state index in [0.29, 0.717) is 5.06 Å². The van der Waals surface area contributed by atoms with Crippen LogP contribution in [-0.2, 0) is 25.8 Å². The standard InChI is InChI=1S/C18H14N2O7/c21-15-6-7-16(22)20(15)27-17(23)13-8-14(10-19-9-13)26-18(24)25-11-12-4-2-1-3-5-12/h1-5,8-10H,6-7,11H2. The lowest BCUT2D eigenvalue weighted by atomic mass is 10.2. The lowest BCUT2D eigenvalue weighted by Gasteiger charge is -2.12. The summed E-state index contributed by atoms with van der Waals surface area (Å²) in [6.07, 6.45) is 1.35. The molecule has 0 radical (unpaired) electrons. The molecule has 2 heterocycles. The maximum atomic E-state index is 12.1. The second kappa shape index (κ2) is 8.09. The Bertz CT molecular complexity index is 866. The van der Waals surface area contributed by atoms with E-state index in [1.54, 1.807) is 24.3 Å². The van der Waals surface area contributed by atoms with Crippen LogP contribution in [0.5, 0.6) is 5.75 Å². The fourth-order valence-corrected chi connectivity index (χ4v) is 2.22. The summed E-state index contributed by atoms with van der Waals surface area (Å²) in [5.74, 6) is -2.23. The highest BCUT2D eigenvalue weighted by atomic mass is 16.7. The average Bonchev–Trinajstić information content (AvgIpc) is 2.99. The number of rotatable bonds is 5. The second-order valence-electron chi connectivity index (χ2n) is 5.50. The number of hydrogen-bond acceptors (Lipinski definition) is 8. The Kier molecular flexibility index (Phi) is 5.41. The van der Waals surface area contributed by atoms with Gasteiger partial charge < -0.3 is 14.3 Å². The van der Waals surface area contributed by atoms with Gasteiger partial charge in [0.05, 0.1) is 11.8 Å². The van der Waals surface area contributed by atoms with Gasteiger partial charge in [0.25, 0.3) is 11.8 Å². The molecular formula is C18H14N2O7. The van der Waals surface area contributed by atoms with E-state index in [-0.39, 0.29) is 30.8 Å². The van der Waals surface area contributed by atoms with Crippen molar-refractivity contribution in [2.75, 3.05) is 0 Å². The summed E-state index contributed by atoms with van der Waals surface area (Å²) in [7, 11) is 0. The highest BCUT2D eigenvalue weighted by Crippen LogP contribution is 2.17. The van der Waals surface area contributed by atoms with Gasteiger partial charge in [-0.1, -0.05) is 30.3 Å². The number of hydroxylamine groups is 2. The van der Waals surface area contributed by atoms with Gasteiger partial charge in [-0.25, -0.2) is 9.59 Å². The predicted molar refractivity (Wildman–Crippen MR) is 88.0 cm³/mol. The van der Waals surface area contributed by atoms with Gasteiger partial charge in [-0.15, -0.1) is 5.06 Å². The molecule has 9 nitrogen and oxygen atoms in total. The number of carbonyl (C=O) groups is 4. The van der Waals surface area contributed by atoms with Gasteiger partial charge in [-0.05, 0) is 11.6 Å². The molecule has 1 aliphatic heterocycles. The van der Waals surface area contributed by atoms with Crippen LogP contribution in [0.3, 0.4) is 0 Å². The van der Waals surface area contributed by atoms with E-state index in [0.717, 1.165) is 11.8 Å². The maximum absolute atomic E-state index is 12.1. The van der Waals surface area contributed by atoms with Crippen LogP contribution in [0.1, 0.15) is 28.8 Å². The molecule has 1 aromatic carbocycles. The zero-order valence-corrected chi connectivity index (χ0v) is 14.0. The number of amides is 2. The number of hydrogen-bond donors (Lipinski definition) is 0. The number of carbonyl (C=O) groups excluding carboxylic acids is 4. The Morgan fingerprint density at radius 2 is 1.74 bits per heavy atom. The minimum absolute atomic E-state index is 0.0131. The molecule has 9 heteroatoms. The Morgan fingerprint density at radius 3 is 2.44 bits per heavy atom. The molecule has 1 aliphatic rings. The number of nitrogens with zero attached hydrogens (tertiary/aromatic N) is 2. The van der Waals surface area contributed by atoms with Crippen molar-refractivity contribution in [1.82, 2.24) is 10.0 Å². The first-order chi connectivity index (χ1) is 13.0. The van der Waals surface area contributed by atoms with Crippen LogP contribution >= 0.6 is 0 Å². The van der Waals surface area contributed by atoms with E-state index in [2.05, 4.69) is 4.98 Å². The summed E-state index contributed by atoms with van der Waals surface area (Å²) in [4.78, 5) is 55.3. The lowest BCUT2D eigenvalue weighted by Crippen LogP contribution is -2.32. The first-order valence-corrected chi connectivity index (χ1v) is 7.94. The smallest absolute Gasteiger partial charge is 0.429 e. The molecular weight excluding hydrogens is 356 g/mol. The molecule has 3 rings (SSSR count). The van der Waals surface area contributed by atoms with Gasteiger partial charge in [0.15, 0.2) is 5.75 Å². The zero-order valence-electron chi connectivity index (χ0n) is 14.0. The predicted octanol–water partition coefficient (Wildman–Crippen LogP) is 2.02. The Morgan fingerprint density at radius 1 is 1.04 bits per heavy atom. The van der Waals surface area contributed by atoms with Crippen LogP contribution in [0.4, 0.5) is 4.79 Å². The Labute approximate surface area is 153 Å². The molecule has 0 aliphatic carbocycles. The van der Waals surface area contributed by atoms with Crippen molar-refractivity contribution < 1.29 is 33.5 Å². The van der Waals surface area contributed by atoms with E-state index < -0.39 is 23.9 Å². The van der Waals surface area contributed by atoms with Crippen molar-refractivity contribution in [3.8, 4) is 5.75 Å². The zero-order chi connectivity index (χ0) is 19.2. The molecule has 2 amide bonds. The molecule has 0 atom stereocenters. The van der Waals surface area contributed by atoms with Gasteiger partial charge in [-0.3, -0.25) is 14.6 Å². The average molecular weight is 370 g/mol. The van der Waals surface area contributed by atoms with Gasteiger partial charge in [0.1, 0.15) is 6.61 Å². The van der Waals surface area contributed by atoms with E-state index in [9.17, 15) is 19.2 Å². The summed E-state index contributed by atoms with van der Waals surface area (Å²) in [6, 6.07) is 10.2. The van der Waals surface area contributed by atoms with Gasteiger partial charge >= 0.3 is 12.1 Å². The van der Waals surface area contributed by atoms with Crippen molar-refractivity contribution in [1.29, 1.82) is 0 Å². The van der Waals surface area contributed by atoms with Crippen LogP contribution in [0, 0.1) is 0 Å².